The zero-order valence-corrected chi connectivity index (χ0v) is 11.8. The van der Waals surface area contributed by atoms with Crippen LogP contribution in [0.3, 0.4) is 0 Å². The van der Waals surface area contributed by atoms with Crippen LogP contribution in [-0.4, -0.2) is 5.11 Å². The Kier molecular flexibility index (Phi) is 3.77. The molecule has 1 unspecified atom stereocenters. The molecule has 3 rings (SSSR count). The van der Waals surface area contributed by atoms with Gasteiger partial charge in [-0.1, -0.05) is 35.9 Å². The lowest BCUT2D eigenvalue weighted by Gasteiger charge is -2.12. The van der Waals surface area contributed by atoms with E-state index in [0.717, 1.165) is 18.4 Å². The summed E-state index contributed by atoms with van der Waals surface area (Å²) < 4.78 is 13.4. The van der Waals surface area contributed by atoms with Crippen LogP contribution in [0.4, 0.5) is 4.39 Å². The van der Waals surface area contributed by atoms with Crippen molar-refractivity contribution in [2.45, 2.75) is 31.8 Å². The largest absolute Gasteiger partial charge is 0.388 e. The Balaban J connectivity index is 1.78. The number of fused-ring (bicyclic) bond motifs is 1. The van der Waals surface area contributed by atoms with Gasteiger partial charge in [0.25, 0.3) is 0 Å². The van der Waals surface area contributed by atoms with E-state index in [1.807, 2.05) is 0 Å². The van der Waals surface area contributed by atoms with Crippen LogP contribution in [-0.2, 0) is 19.3 Å². The second-order valence-electron chi connectivity index (χ2n) is 5.35. The molecule has 0 fully saturated rings. The van der Waals surface area contributed by atoms with E-state index in [1.165, 1.54) is 29.7 Å². The highest BCUT2D eigenvalue weighted by atomic mass is 35.5. The van der Waals surface area contributed by atoms with Crippen molar-refractivity contribution < 1.29 is 9.50 Å². The summed E-state index contributed by atoms with van der Waals surface area (Å²) in [6.45, 7) is 0. The minimum Gasteiger partial charge on any atom is -0.388 e. The Morgan fingerprint density at radius 3 is 2.70 bits per heavy atom. The van der Waals surface area contributed by atoms with Gasteiger partial charge >= 0.3 is 0 Å². The normalized spacial score (nSPS) is 15.2. The first-order valence-electron chi connectivity index (χ1n) is 6.87. The molecule has 0 heterocycles. The van der Waals surface area contributed by atoms with Crippen LogP contribution in [0.25, 0.3) is 0 Å². The third-order valence-electron chi connectivity index (χ3n) is 3.92. The lowest BCUT2D eigenvalue weighted by molar-refractivity contribution is 0.178. The predicted molar refractivity (Wildman–Crippen MR) is 78.5 cm³/mol. The van der Waals surface area contributed by atoms with Gasteiger partial charge in [0.15, 0.2) is 0 Å². The highest BCUT2D eigenvalue weighted by molar-refractivity contribution is 6.30. The van der Waals surface area contributed by atoms with Gasteiger partial charge < -0.3 is 5.11 Å². The van der Waals surface area contributed by atoms with E-state index in [0.29, 0.717) is 12.0 Å². The first kappa shape index (κ1) is 13.6. The van der Waals surface area contributed by atoms with E-state index in [2.05, 4.69) is 18.2 Å². The van der Waals surface area contributed by atoms with Crippen LogP contribution >= 0.6 is 11.6 Å². The molecule has 2 aromatic carbocycles. The number of aliphatic hydroxyl groups excluding tert-OH is 1. The summed E-state index contributed by atoms with van der Waals surface area (Å²) >= 11 is 5.65. The fourth-order valence-electron chi connectivity index (χ4n) is 2.81. The van der Waals surface area contributed by atoms with Crippen molar-refractivity contribution in [3.05, 3.63) is 69.5 Å². The number of aryl methyl sites for hydroxylation is 2. The minimum atomic E-state index is -0.707. The van der Waals surface area contributed by atoms with Crippen LogP contribution < -0.4 is 0 Å². The fraction of sp³-hybridized carbons (Fsp3) is 0.294. The summed E-state index contributed by atoms with van der Waals surface area (Å²) in [5, 5.41) is 10.3. The third kappa shape index (κ3) is 2.72. The summed E-state index contributed by atoms with van der Waals surface area (Å²) in [7, 11) is 0. The molecule has 1 nitrogen and oxygen atoms in total. The van der Waals surface area contributed by atoms with Crippen molar-refractivity contribution in [1.82, 2.24) is 0 Å². The molecule has 0 bridgehead atoms. The predicted octanol–water partition coefficient (Wildman–Crippen LogP) is 4.24. The second-order valence-corrected chi connectivity index (χ2v) is 5.76. The van der Waals surface area contributed by atoms with Gasteiger partial charge in [-0.2, -0.15) is 0 Å². The molecule has 104 valence electrons. The van der Waals surface area contributed by atoms with E-state index >= 15 is 0 Å². The standard InChI is InChI=1S/C17H16ClFO/c18-15-7-6-14(10-16(15)19)17(20)9-11-4-5-12-2-1-3-13(12)8-11/h4-8,10,17,20H,1-3,9H2. The molecular formula is C17H16ClFO. The van der Waals surface area contributed by atoms with E-state index in [4.69, 9.17) is 11.6 Å². The van der Waals surface area contributed by atoms with Crippen molar-refractivity contribution in [3.8, 4) is 0 Å². The third-order valence-corrected chi connectivity index (χ3v) is 4.23. The molecule has 1 aliphatic carbocycles. The lowest BCUT2D eigenvalue weighted by Crippen LogP contribution is -2.03. The molecule has 0 aromatic heterocycles. The summed E-state index contributed by atoms with van der Waals surface area (Å²) in [4.78, 5) is 0. The van der Waals surface area contributed by atoms with Crippen molar-refractivity contribution in [2.75, 3.05) is 0 Å². The Morgan fingerprint density at radius 2 is 1.90 bits per heavy atom. The molecule has 0 saturated carbocycles. The van der Waals surface area contributed by atoms with Crippen molar-refractivity contribution in [2.24, 2.45) is 0 Å². The van der Waals surface area contributed by atoms with Gasteiger partial charge in [-0.3, -0.25) is 0 Å². The number of rotatable bonds is 3. The quantitative estimate of drug-likeness (QED) is 0.896. The molecule has 0 saturated heterocycles. The molecule has 1 aliphatic rings. The van der Waals surface area contributed by atoms with E-state index in [1.54, 1.807) is 6.07 Å². The van der Waals surface area contributed by atoms with Gasteiger partial charge in [0.1, 0.15) is 5.82 Å². The smallest absolute Gasteiger partial charge is 0.142 e. The molecule has 0 amide bonds. The van der Waals surface area contributed by atoms with Gasteiger partial charge in [0.2, 0.25) is 0 Å². The van der Waals surface area contributed by atoms with E-state index in [-0.39, 0.29) is 5.02 Å². The van der Waals surface area contributed by atoms with Gasteiger partial charge in [0.05, 0.1) is 11.1 Å². The zero-order valence-electron chi connectivity index (χ0n) is 11.1. The Hall–Kier alpha value is -1.38. The van der Waals surface area contributed by atoms with Gasteiger partial charge in [-0.25, -0.2) is 4.39 Å². The van der Waals surface area contributed by atoms with Crippen LogP contribution in [0.5, 0.6) is 0 Å². The lowest BCUT2D eigenvalue weighted by atomic mass is 9.98. The topological polar surface area (TPSA) is 20.2 Å². The summed E-state index contributed by atoms with van der Waals surface area (Å²) in [5.74, 6) is -0.489. The van der Waals surface area contributed by atoms with Crippen LogP contribution in [0.2, 0.25) is 5.02 Å². The number of benzene rings is 2. The fourth-order valence-corrected chi connectivity index (χ4v) is 2.93. The zero-order chi connectivity index (χ0) is 14.1. The van der Waals surface area contributed by atoms with Crippen molar-refractivity contribution in [1.29, 1.82) is 0 Å². The highest BCUT2D eigenvalue weighted by Gasteiger charge is 2.14. The molecule has 0 spiro atoms. The Morgan fingerprint density at radius 1 is 1.10 bits per heavy atom. The van der Waals surface area contributed by atoms with E-state index < -0.39 is 11.9 Å². The summed E-state index contributed by atoms with van der Waals surface area (Å²) in [6.07, 6.45) is 3.27. The van der Waals surface area contributed by atoms with Crippen LogP contribution in [0, 0.1) is 5.82 Å². The summed E-state index contributed by atoms with van der Waals surface area (Å²) in [5.41, 5.74) is 4.46. The monoisotopic (exact) mass is 290 g/mol. The average Bonchev–Trinajstić information content (AvgIpc) is 2.89. The maximum atomic E-state index is 13.4. The molecule has 1 atom stereocenters. The molecule has 2 aromatic rings. The van der Waals surface area contributed by atoms with Gasteiger partial charge in [-0.05, 0) is 53.6 Å². The van der Waals surface area contributed by atoms with Gasteiger partial charge in [-0.15, -0.1) is 0 Å². The number of hydrogen-bond donors (Lipinski definition) is 1. The summed E-state index contributed by atoms with van der Waals surface area (Å²) in [6, 6.07) is 10.8. The number of aliphatic hydroxyl groups is 1. The first-order valence-corrected chi connectivity index (χ1v) is 7.25. The first-order chi connectivity index (χ1) is 9.63. The number of hydrogen-bond acceptors (Lipinski definition) is 1. The Labute approximate surface area is 123 Å². The maximum Gasteiger partial charge on any atom is 0.142 e. The van der Waals surface area contributed by atoms with Crippen molar-refractivity contribution >= 4 is 11.6 Å². The van der Waals surface area contributed by atoms with Crippen LogP contribution in [0.1, 0.15) is 34.8 Å². The number of halogens is 2. The SMILES string of the molecule is OC(Cc1ccc2c(c1)CCC2)c1ccc(Cl)c(F)c1. The van der Waals surface area contributed by atoms with Crippen LogP contribution in [0.15, 0.2) is 36.4 Å². The molecule has 3 heteroatoms. The van der Waals surface area contributed by atoms with Gasteiger partial charge in [0, 0.05) is 6.42 Å². The van der Waals surface area contributed by atoms with Crippen molar-refractivity contribution in [3.63, 3.8) is 0 Å². The molecular weight excluding hydrogens is 275 g/mol. The molecule has 20 heavy (non-hydrogen) atoms. The molecule has 0 aliphatic heterocycles. The minimum absolute atomic E-state index is 0.0819. The Bertz CT molecular complexity index is 639. The molecule has 1 N–H and O–H groups in total. The second kappa shape index (κ2) is 5.55. The maximum absolute atomic E-state index is 13.4. The van der Waals surface area contributed by atoms with E-state index in [9.17, 15) is 9.50 Å². The highest BCUT2D eigenvalue weighted by Crippen LogP contribution is 2.26. The average molecular weight is 291 g/mol. The molecule has 0 radical (unpaired) electrons.